The van der Waals surface area contributed by atoms with E-state index in [2.05, 4.69) is 15.5 Å². The summed E-state index contributed by atoms with van der Waals surface area (Å²) in [5, 5.41) is 12.1. The number of benzene rings is 2. The van der Waals surface area contributed by atoms with Crippen molar-refractivity contribution in [3.05, 3.63) is 58.6 Å². The highest BCUT2D eigenvalue weighted by Crippen LogP contribution is 2.32. The zero-order valence-corrected chi connectivity index (χ0v) is 16.7. The topological polar surface area (TPSA) is 85.8 Å². The first-order valence-electron chi connectivity index (χ1n) is 8.18. The van der Waals surface area contributed by atoms with Crippen molar-refractivity contribution in [2.75, 3.05) is 11.2 Å². The Morgan fingerprint density at radius 1 is 1.22 bits per heavy atom. The monoisotopic (exact) mass is 421 g/mol. The van der Waals surface area contributed by atoms with Gasteiger partial charge in [0.25, 0.3) is 0 Å². The van der Waals surface area contributed by atoms with Crippen LogP contribution in [-0.2, 0) is 4.79 Å². The Morgan fingerprint density at radius 3 is 2.67 bits per heavy atom. The Hall–Kier alpha value is -2.22. The second kappa shape index (κ2) is 8.65. The number of nitrogens with zero attached hydrogens (tertiary/aromatic N) is 3. The minimum atomic E-state index is -0.376. The number of thioether (sulfide) groups is 1. The first-order valence-corrected chi connectivity index (χ1v) is 9.81. The first kappa shape index (κ1) is 19.5. The van der Waals surface area contributed by atoms with Crippen molar-refractivity contribution in [1.82, 2.24) is 14.9 Å². The first-order chi connectivity index (χ1) is 13.0. The van der Waals surface area contributed by atoms with Crippen LogP contribution in [0.3, 0.4) is 0 Å². The molecule has 140 valence electrons. The van der Waals surface area contributed by atoms with Crippen molar-refractivity contribution in [2.45, 2.75) is 23.8 Å². The van der Waals surface area contributed by atoms with E-state index in [1.165, 1.54) is 16.4 Å². The van der Waals surface area contributed by atoms with Crippen LogP contribution in [0.2, 0.25) is 10.0 Å². The van der Waals surface area contributed by atoms with Gasteiger partial charge in [0.1, 0.15) is 0 Å². The molecule has 1 unspecified atom stereocenters. The normalized spacial score (nSPS) is 12.0. The summed E-state index contributed by atoms with van der Waals surface area (Å²) in [6, 6.07) is 14.3. The van der Waals surface area contributed by atoms with Crippen molar-refractivity contribution in [1.29, 1.82) is 0 Å². The van der Waals surface area contributed by atoms with E-state index in [1.54, 1.807) is 18.2 Å². The van der Waals surface area contributed by atoms with E-state index < -0.39 is 0 Å². The quantitative estimate of drug-likeness (QED) is 0.452. The Morgan fingerprint density at radius 2 is 1.96 bits per heavy atom. The molecule has 3 rings (SSSR count). The van der Waals surface area contributed by atoms with Crippen molar-refractivity contribution < 1.29 is 4.79 Å². The lowest BCUT2D eigenvalue weighted by Gasteiger charge is -2.14. The third kappa shape index (κ3) is 4.55. The zero-order chi connectivity index (χ0) is 19.4. The Bertz CT molecular complexity index is 948. The summed E-state index contributed by atoms with van der Waals surface area (Å²) < 4.78 is 1.32. The molecule has 2 aromatic carbocycles. The molecule has 0 spiro atoms. The number of hydrogen-bond acceptors (Lipinski definition) is 5. The highest BCUT2D eigenvalue weighted by Gasteiger charge is 2.23. The predicted molar refractivity (Wildman–Crippen MR) is 111 cm³/mol. The second-order valence-electron chi connectivity index (χ2n) is 5.67. The van der Waals surface area contributed by atoms with Gasteiger partial charge in [0.05, 0.1) is 10.3 Å². The summed E-state index contributed by atoms with van der Waals surface area (Å²) in [7, 11) is 0. The Kier molecular flexibility index (Phi) is 6.26. The fraction of sp³-hybridized carbons (Fsp3) is 0.167. The van der Waals surface area contributed by atoms with Crippen LogP contribution in [0, 0.1) is 0 Å². The minimum absolute atomic E-state index is 0.126. The van der Waals surface area contributed by atoms with E-state index in [4.69, 9.17) is 29.0 Å². The average Bonchev–Trinajstić information content (AvgIpc) is 3.02. The van der Waals surface area contributed by atoms with Crippen molar-refractivity contribution >= 4 is 46.6 Å². The summed E-state index contributed by atoms with van der Waals surface area (Å²) in [5.74, 6) is 6.40. The Labute approximate surface area is 171 Å². The van der Waals surface area contributed by atoms with Crippen LogP contribution < -0.4 is 11.2 Å². The zero-order valence-electron chi connectivity index (χ0n) is 14.4. The molecule has 0 radical (unpaired) electrons. The van der Waals surface area contributed by atoms with Crippen LogP contribution in [0.5, 0.6) is 0 Å². The molecule has 0 aliphatic carbocycles. The van der Waals surface area contributed by atoms with Crippen molar-refractivity contribution in [2.24, 2.45) is 0 Å². The maximum Gasteiger partial charge on any atom is 0.237 e. The molecule has 0 saturated carbocycles. The van der Waals surface area contributed by atoms with E-state index in [-0.39, 0.29) is 11.2 Å². The van der Waals surface area contributed by atoms with Crippen LogP contribution in [0.4, 0.5) is 5.69 Å². The molecule has 1 heterocycles. The number of hydrogen-bond donors (Lipinski definition) is 2. The van der Waals surface area contributed by atoms with E-state index in [0.29, 0.717) is 33.0 Å². The lowest BCUT2D eigenvalue weighted by atomic mass is 10.2. The predicted octanol–water partition coefficient (Wildman–Crippen LogP) is 4.48. The van der Waals surface area contributed by atoms with Gasteiger partial charge in [-0.05, 0) is 36.8 Å². The minimum Gasteiger partial charge on any atom is -0.335 e. The van der Waals surface area contributed by atoms with Gasteiger partial charge in [-0.25, -0.2) is 4.68 Å². The number of para-hydroxylation sites is 1. The molecule has 0 saturated heterocycles. The number of carbonyl (C=O) groups is 1. The fourth-order valence-electron chi connectivity index (χ4n) is 2.40. The summed E-state index contributed by atoms with van der Waals surface area (Å²) >= 11 is 13.5. The number of nitrogen functional groups attached to an aromatic ring is 1. The molecular weight excluding hydrogens is 405 g/mol. The van der Waals surface area contributed by atoms with E-state index in [0.717, 1.165) is 5.69 Å². The number of rotatable bonds is 6. The van der Waals surface area contributed by atoms with Crippen LogP contribution in [0.25, 0.3) is 11.4 Å². The van der Waals surface area contributed by atoms with Crippen LogP contribution in [0.15, 0.2) is 53.7 Å². The highest BCUT2D eigenvalue weighted by atomic mass is 35.5. The highest BCUT2D eigenvalue weighted by molar-refractivity contribution is 8.00. The molecule has 3 aromatic rings. The second-order valence-corrected chi connectivity index (χ2v) is 7.68. The van der Waals surface area contributed by atoms with Gasteiger partial charge in [-0.3, -0.25) is 4.79 Å². The van der Waals surface area contributed by atoms with Crippen LogP contribution in [-0.4, -0.2) is 26.0 Å². The molecule has 0 aliphatic rings. The lowest BCUT2D eigenvalue weighted by molar-refractivity contribution is -0.115. The number of aromatic nitrogens is 3. The Balaban J connectivity index is 1.79. The van der Waals surface area contributed by atoms with E-state index in [1.807, 2.05) is 37.3 Å². The van der Waals surface area contributed by atoms with Gasteiger partial charge in [0.15, 0.2) is 5.82 Å². The van der Waals surface area contributed by atoms with Gasteiger partial charge in [-0.1, -0.05) is 60.1 Å². The maximum atomic E-state index is 12.6. The van der Waals surface area contributed by atoms with Crippen LogP contribution >= 0.6 is 35.0 Å². The number of amides is 1. The van der Waals surface area contributed by atoms with Gasteiger partial charge in [-0.15, -0.1) is 10.2 Å². The molecule has 9 heteroatoms. The smallest absolute Gasteiger partial charge is 0.237 e. The molecular formula is C18H17Cl2N5OS. The summed E-state index contributed by atoms with van der Waals surface area (Å²) in [5.41, 5.74) is 1.31. The number of nitrogens with one attached hydrogen (secondary N) is 1. The molecule has 0 bridgehead atoms. The number of halogens is 2. The summed E-state index contributed by atoms with van der Waals surface area (Å²) in [6.45, 7) is 1.92. The van der Waals surface area contributed by atoms with Crippen molar-refractivity contribution in [3.63, 3.8) is 0 Å². The SMILES string of the molecule is CCC(Sc1nnc(-c2cc(Cl)ccc2Cl)n1N)C(=O)Nc1ccccc1. The summed E-state index contributed by atoms with van der Waals surface area (Å²) in [6.07, 6.45) is 0.601. The van der Waals surface area contributed by atoms with Gasteiger partial charge in [0, 0.05) is 16.3 Å². The largest absolute Gasteiger partial charge is 0.335 e. The standard InChI is InChI=1S/C18H17Cl2N5OS/c1-2-15(17(26)22-12-6-4-3-5-7-12)27-18-24-23-16(25(18)21)13-10-11(19)8-9-14(13)20/h3-10,15H,2,21H2,1H3,(H,22,26). The third-order valence-corrected chi connectivity index (χ3v) is 5.67. The molecule has 1 amide bonds. The van der Waals surface area contributed by atoms with Crippen LogP contribution in [0.1, 0.15) is 13.3 Å². The van der Waals surface area contributed by atoms with Gasteiger partial charge < -0.3 is 11.2 Å². The van der Waals surface area contributed by atoms with E-state index in [9.17, 15) is 4.79 Å². The molecule has 1 atom stereocenters. The van der Waals surface area contributed by atoms with Gasteiger partial charge in [-0.2, -0.15) is 0 Å². The lowest BCUT2D eigenvalue weighted by Crippen LogP contribution is -2.25. The maximum absolute atomic E-state index is 12.6. The molecule has 1 aromatic heterocycles. The number of anilines is 1. The van der Waals surface area contributed by atoms with Gasteiger partial charge >= 0.3 is 0 Å². The van der Waals surface area contributed by atoms with Crippen molar-refractivity contribution in [3.8, 4) is 11.4 Å². The van der Waals surface area contributed by atoms with Gasteiger partial charge in [0.2, 0.25) is 11.1 Å². The number of carbonyl (C=O) groups excluding carboxylic acids is 1. The third-order valence-electron chi connectivity index (χ3n) is 3.79. The fourth-order valence-corrected chi connectivity index (χ4v) is 3.65. The molecule has 3 N–H and O–H groups in total. The molecule has 0 aliphatic heterocycles. The number of nitrogens with two attached hydrogens (primary N) is 1. The average molecular weight is 422 g/mol. The molecule has 6 nitrogen and oxygen atoms in total. The molecule has 27 heavy (non-hydrogen) atoms. The van der Waals surface area contributed by atoms with E-state index >= 15 is 0 Å². The summed E-state index contributed by atoms with van der Waals surface area (Å²) in [4.78, 5) is 12.6. The molecule has 0 fully saturated rings.